The summed E-state index contributed by atoms with van der Waals surface area (Å²) in [4.78, 5) is 11.4. The molecule has 108 valence electrons. The Morgan fingerprint density at radius 3 is 2.47 bits per heavy atom. The Bertz CT molecular complexity index is 416. The van der Waals surface area contributed by atoms with E-state index in [1.807, 2.05) is 20.8 Å². The van der Waals surface area contributed by atoms with Crippen LogP contribution in [0.5, 0.6) is 0 Å². The summed E-state index contributed by atoms with van der Waals surface area (Å²) >= 11 is 0. The molecule has 0 saturated heterocycles. The lowest BCUT2D eigenvalue weighted by molar-refractivity contribution is -0.149. The average molecular weight is 268 g/mol. The fraction of sp³-hybridized carbons (Fsp3) is 0.800. The van der Waals surface area contributed by atoms with Crippen LogP contribution in [0.3, 0.4) is 0 Å². The summed E-state index contributed by atoms with van der Waals surface area (Å²) in [5, 5.41) is 30.5. The molecule has 4 heteroatoms. The molecular weight excluding hydrogens is 244 g/mol. The van der Waals surface area contributed by atoms with Gasteiger partial charge in [-0.2, -0.15) is 0 Å². The molecule has 2 rings (SSSR count). The monoisotopic (exact) mass is 268 g/mol. The number of aliphatic hydroxyl groups is 2. The van der Waals surface area contributed by atoms with E-state index in [1.54, 1.807) is 0 Å². The predicted molar refractivity (Wildman–Crippen MR) is 71.6 cm³/mol. The van der Waals surface area contributed by atoms with Crippen LogP contribution in [0.15, 0.2) is 11.6 Å². The largest absolute Gasteiger partial charge is 0.478 e. The molecule has 0 aliphatic heterocycles. The van der Waals surface area contributed by atoms with Crippen molar-refractivity contribution in [1.29, 1.82) is 0 Å². The molecule has 2 aliphatic rings. The minimum atomic E-state index is -1.23. The predicted octanol–water partition coefficient (Wildman–Crippen LogP) is 1.96. The second-order valence-electron chi connectivity index (χ2n) is 6.63. The van der Waals surface area contributed by atoms with Crippen molar-refractivity contribution in [1.82, 2.24) is 0 Å². The molecule has 0 aromatic heterocycles. The van der Waals surface area contributed by atoms with Crippen LogP contribution >= 0.6 is 0 Å². The van der Waals surface area contributed by atoms with E-state index < -0.39 is 17.7 Å². The summed E-state index contributed by atoms with van der Waals surface area (Å²) in [5.41, 5.74) is -1.30. The number of rotatable bonds is 1. The molecule has 0 aromatic carbocycles. The van der Waals surface area contributed by atoms with E-state index in [4.69, 9.17) is 0 Å². The van der Waals surface area contributed by atoms with Crippen molar-refractivity contribution >= 4 is 5.97 Å². The minimum Gasteiger partial charge on any atom is -0.478 e. The summed E-state index contributed by atoms with van der Waals surface area (Å²) in [7, 11) is 0. The maximum absolute atomic E-state index is 11.4. The zero-order valence-electron chi connectivity index (χ0n) is 11.9. The van der Waals surface area contributed by atoms with Crippen LogP contribution in [0.1, 0.15) is 46.5 Å². The van der Waals surface area contributed by atoms with Crippen LogP contribution in [-0.4, -0.2) is 33.0 Å². The van der Waals surface area contributed by atoms with Gasteiger partial charge in [0, 0.05) is 16.9 Å². The highest BCUT2D eigenvalue weighted by atomic mass is 16.4. The van der Waals surface area contributed by atoms with Gasteiger partial charge in [0.05, 0.1) is 11.7 Å². The maximum Gasteiger partial charge on any atom is 0.331 e. The highest BCUT2D eigenvalue weighted by Gasteiger charge is 2.55. The molecule has 0 bridgehead atoms. The SMILES string of the molecule is C[C@H]1CC[C@]2(C)CC[C@H](O)[C@H](C)[C@]2(O)C=C1C(=O)O. The number of hydrogen-bond acceptors (Lipinski definition) is 3. The third kappa shape index (κ3) is 2.11. The Morgan fingerprint density at radius 1 is 1.32 bits per heavy atom. The average Bonchev–Trinajstić information content (AvgIpc) is 2.45. The fourth-order valence-electron chi connectivity index (χ4n) is 3.73. The minimum absolute atomic E-state index is 0.0618. The van der Waals surface area contributed by atoms with Gasteiger partial charge >= 0.3 is 5.97 Å². The molecular formula is C15H24O4. The number of aliphatic carboxylic acids is 1. The number of aliphatic hydroxyl groups excluding tert-OH is 1. The highest BCUT2D eigenvalue weighted by molar-refractivity contribution is 5.87. The number of carboxylic acid groups (broad SMARTS) is 1. The molecule has 5 atom stereocenters. The molecule has 0 amide bonds. The van der Waals surface area contributed by atoms with Crippen molar-refractivity contribution < 1.29 is 20.1 Å². The molecule has 2 aliphatic carbocycles. The van der Waals surface area contributed by atoms with Gasteiger partial charge < -0.3 is 15.3 Å². The van der Waals surface area contributed by atoms with Crippen molar-refractivity contribution in [3.63, 3.8) is 0 Å². The van der Waals surface area contributed by atoms with Crippen LogP contribution in [0.4, 0.5) is 0 Å². The van der Waals surface area contributed by atoms with Crippen molar-refractivity contribution in [3.05, 3.63) is 11.6 Å². The first kappa shape index (κ1) is 14.5. The summed E-state index contributed by atoms with van der Waals surface area (Å²) in [6, 6.07) is 0. The van der Waals surface area contributed by atoms with E-state index in [-0.39, 0.29) is 22.8 Å². The summed E-state index contributed by atoms with van der Waals surface area (Å²) in [6.45, 7) is 5.72. The van der Waals surface area contributed by atoms with Gasteiger partial charge in [-0.05, 0) is 37.7 Å². The van der Waals surface area contributed by atoms with Crippen molar-refractivity contribution in [2.24, 2.45) is 17.3 Å². The number of hydrogen-bond donors (Lipinski definition) is 3. The Hall–Kier alpha value is -0.870. The first-order valence-electron chi connectivity index (χ1n) is 7.08. The second kappa shape index (κ2) is 4.60. The highest BCUT2D eigenvalue weighted by Crippen LogP contribution is 2.53. The van der Waals surface area contributed by atoms with Gasteiger partial charge in [0.2, 0.25) is 0 Å². The van der Waals surface area contributed by atoms with E-state index in [9.17, 15) is 20.1 Å². The van der Waals surface area contributed by atoms with Gasteiger partial charge in [-0.3, -0.25) is 0 Å². The molecule has 0 unspecified atom stereocenters. The third-order valence-electron chi connectivity index (χ3n) is 5.51. The normalized spacial score (nSPS) is 47.0. The molecule has 1 saturated carbocycles. The number of carboxylic acids is 1. The quantitative estimate of drug-likeness (QED) is 0.679. The molecule has 0 aromatic rings. The van der Waals surface area contributed by atoms with Crippen molar-refractivity contribution in [2.75, 3.05) is 0 Å². The van der Waals surface area contributed by atoms with E-state index in [2.05, 4.69) is 0 Å². The summed E-state index contributed by atoms with van der Waals surface area (Å²) in [6.07, 6.45) is 3.91. The Balaban J connectivity index is 2.53. The van der Waals surface area contributed by atoms with Crippen LogP contribution in [0.2, 0.25) is 0 Å². The maximum atomic E-state index is 11.4. The van der Waals surface area contributed by atoms with E-state index >= 15 is 0 Å². The third-order valence-corrected chi connectivity index (χ3v) is 5.51. The van der Waals surface area contributed by atoms with Crippen LogP contribution in [0.25, 0.3) is 0 Å². The van der Waals surface area contributed by atoms with Gasteiger partial charge in [-0.15, -0.1) is 0 Å². The zero-order valence-corrected chi connectivity index (χ0v) is 11.9. The van der Waals surface area contributed by atoms with Crippen LogP contribution in [-0.2, 0) is 4.79 Å². The molecule has 0 radical (unpaired) electrons. The Labute approximate surface area is 114 Å². The lowest BCUT2D eigenvalue weighted by atomic mass is 9.57. The lowest BCUT2D eigenvalue weighted by Gasteiger charge is -2.52. The van der Waals surface area contributed by atoms with E-state index in [1.165, 1.54) is 6.08 Å². The molecule has 19 heavy (non-hydrogen) atoms. The van der Waals surface area contributed by atoms with Gasteiger partial charge in [0.1, 0.15) is 0 Å². The number of carbonyl (C=O) groups is 1. The van der Waals surface area contributed by atoms with Gasteiger partial charge in [-0.25, -0.2) is 4.79 Å². The standard InChI is InChI=1S/C15H24O4/c1-9-4-6-14(3)7-5-12(16)10(2)15(14,19)8-11(9)13(17)18/h8-10,12,16,19H,4-7H2,1-3H3,(H,17,18)/t9-,10-,12-,14+,15+/m0/s1. The molecule has 4 nitrogen and oxygen atoms in total. The van der Waals surface area contributed by atoms with Gasteiger partial charge in [0.25, 0.3) is 0 Å². The molecule has 1 fully saturated rings. The van der Waals surface area contributed by atoms with Crippen LogP contribution < -0.4 is 0 Å². The smallest absolute Gasteiger partial charge is 0.331 e. The van der Waals surface area contributed by atoms with Gasteiger partial charge in [0.15, 0.2) is 0 Å². The molecule has 0 heterocycles. The molecule has 0 spiro atoms. The fourth-order valence-corrected chi connectivity index (χ4v) is 3.73. The van der Waals surface area contributed by atoms with E-state index in [0.717, 1.165) is 19.3 Å². The van der Waals surface area contributed by atoms with Crippen molar-refractivity contribution in [2.45, 2.75) is 58.2 Å². The number of fused-ring (bicyclic) bond motifs is 1. The Kier molecular flexibility index (Phi) is 3.52. The first-order valence-corrected chi connectivity index (χ1v) is 7.08. The topological polar surface area (TPSA) is 77.8 Å². The van der Waals surface area contributed by atoms with Crippen LogP contribution in [0, 0.1) is 17.3 Å². The van der Waals surface area contributed by atoms with Gasteiger partial charge in [-0.1, -0.05) is 20.8 Å². The van der Waals surface area contributed by atoms with Crippen molar-refractivity contribution in [3.8, 4) is 0 Å². The first-order chi connectivity index (χ1) is 8.71. The zero-order chi connectivity index (χ0) is 14.4. The summed E-state index contributed by atoms with van der Waals surface area (Å²) < 4.78 is 0. The van der Waals surface area contributed by atoms with E-state index in [0.29, 0.717) is 6.42 Å². The second-order valence-corrected chi connectivity index (χ2v) is 6.63. The molecule has 3 N–H and O–H groups in total. The summed E-state index contributed by atoms with van der Waals surface area (Å²) in [5.74, 6) is -1.36. The lowest BCUT2D eigenvalue weighted by Crippen LogP contribution is -2.57. The Morgan fingerprint density at radius 2 is 1.89 bits per heavy atom.